The first-order chi connectivity index (χ1) is 9.41. The molecule has 0 aliphatic carbocycles. The number of amides is 1. The van der Waals surface area contributed by atoms with Crippen molar-refractivity contribution >= 4 is 22.9 Å². The van der Waals surface area contributed by atoms with E-state index >= 15 is 0 Å². The van der Waals surface area contributed by atoms with Gasteiger partial charge in [-0.15, -0.1) is 11.3 Å². The van der Waals surface area contributed by atoms with E-state index < -0.39 is 17.3 Å². The fraction of sp³-hybridized carbons (Fsp3) is 0.267. The van der Waals surface area contributed by atoms with Gasteiger partial charge in [0.1, 0.15) is 11.9 Å². The first-order valence-electron chi connectivity index (χ1n) is 6.28. The van der Waals surface area contributed by atoms with Gasteiger partial charge in [-0.25, -0.2) is 4.39 Å². The molecule has 0 fully saturated rings. The van der Waals surface area contributed by atoms with Crippen LogP contribution < -0.4 is 5.32 Å². The van der Waals surface area contributed by atoms with Crippen LogP contribution in [0.1, 0.15) is 36.0 Å². The largest absolute Gasteiger partial charge is 0.383 e. The van der Waals surface area contributed by atoms with Gasteiger partial charge in [-0.1, -0.05) is 6.07 Å². The van der Waals surface area contributed by atoms with Crippen LogP contribution in [0.15, 0.2) is 29.6 Å². The minimum absolute atomic E-state index is 0.224. The third kappa shape index (κ3) is 1.85. The van der Waals surface area contributed by atoms with Gasteiger partial charge in [0.05, 0.1) is 11.1 Å². The third-order valence-corrected chi connectivity index (χ3v) is 4.65. The van der Waals surface area contributed by atoms with Gasteiger partial charge in [0.2, 0.25) is 5.91 Å². The first-order valence-corrected chi connectivity index (χ1v) is 7.16. The maximum absolute atomic E-state index is 14.1. The van der Waals surface area contributed by atoms with Crippen LogP contribution >= 0.6 is 11.3 Å². The summed E-state index contributed by atoms with van der Waals surface area (Å²) >= 11 is 1.41. The lowest BCUT2D eigenvalue weighted by atomic mass is 9.84. The van der Waals surface area contributed by atoms with Crippen molar-refractivity contribution in [2.75, 3.05) is 5.32 Å². The number of thiophene rings is 1. The molecule has 0 spiro atoms. The Hall–Kier alpha value is -1.72. The highest BCUT2D eigenvalue weighted by Gasteiger charge is 2.40. The van der Waals surface area contributed by atoms with Crippen molar-refractivity contribution in [3.8, 4) is 0 Å². The number of halogens is 1. The monoisotopic (exact) mass is 291 g/mol. The van der Waals surface area contributed by atoms with E-state index in [1.807, 2.05) is 11.4 Å². The molecule has 0 saturated carbocycles. The number of fused-ring (bicyclic) bond motifs is 1. The lowest BCUT2D eigenvalue weighted by Crippen LogP contribution is -2.26. The summed E-state index contributed by atoms with van der Waals surface area (Å²) in [4.78, 5) is 12.6. The standard InChI is InChI=1S/C15H14FNO2S/c1-15(2)9-6-8(13(18)11-4-3-5-20-11)7-10(16)12(9)17-14(15)19/h3-7,13,18H,1-2H3,(H,17,19). The molecule has 20 heavy (non-hydrogen) atoms. The summed E-state index contributed by atoms with van der Waals surface area (Å²) in [6, 6.07) is 6.63. The Kier molecular flexibility index (Phi) is 2.92. The van der Waals surface area contributed by atoms with E-state index in [4.69, 9.17) is 0 Å². The number of benzene rings is 1. The fourth-order valence-corrected chi connectivity index (χ4v) is 3.15. The molecule has 1 aliphatic heterocycles. The maximum atomic E-state index is 14.1. The van der Waals surface area contributed by atoms with Crippen LogP contribution in [-0.2, 0) is 10.2 Å². The molecule has 1 atom stereocenters. The number of rotatable bonds is 2. The molecule has 1 unspecified atom stereocenters. The van der Waals surface area contributed by atoms with Crippen molar-refractivity contribution in [2.45, 2.75) is 25.4 Å². The van der Waals surface area contributed by atoms with Gasteiger partial charge >= 0.3 is 0 Å². The Bertz CT molecular complexity index is 679. The number of hydrogen-bond acceptors (Lipinski definition) is 3. The van der Waals surface area contributed by atoms with E-state index in [0.29, 0.717) is 11.1 Å². The molecule has 5 heteroatoms. The van der Waals surface area contributed by atoms with Crippen LogP contribution in [0, 0.1) is 5.82 Å². The number of aliphatic hydroxyl groups is 1. The SMILES string of the molecule is CC1(C)C(=O)Nc2c(F)cc(C(O)c3cccs3)cc21. The normalized spacial score (nSPS) is 17.7. The molecule has 1 aliphatic rings. The molecule has 2 N–H and O–H groups in total. The second-order valence-corrected chi connectivity index (χ2v) is 6.40. The highest BCUT2D eigenvalue weighted by atomic mass is 32.1. The number of hydrogen-bond donors (Lipinski definition) is 2. The Morgan fingerprint density at radius 3 is 2.80 bits per heavy atom. The third-order valence-electron chi connectivity index (χ3n) is 3.72. The molecule has 1 amide bonds. The topological polar surface area (TPSA) is 49.3 Å². The fourth-order valence-electron chi connectivity index (χ4n) is 2.41. The predicted molar refractivity (Wildman–Crippen MR) is 76.4 cm³/mol. The van der Waals surface area contributed by atoms with Crippen molar-refractivity contribution in [1.29, 1.82) is 0 Å². The summed E-state index contributed by atoms with van der Waals surface area (Å²) in [5.41, 5.74) is 0.491. The number of carbonyl (C=O) groups is 1. The molecule has 0 saturated heterocycles. The van der Waals surface area contributed by atoms with E-state index in [0.717, 1.165) is 4.88 Å². The molecule has 2 heterocycles. The minimum Gasteiger partial charge on any atom is -0.383 e. The van der Waals surface area contributed by atoms with Crippen LogP contribution in [-0.4, -0.2) is 11.0 Å². The maximum Gasteiger partial charge on any atom is 0.234 e. The van der Waals surface area contributed by atoms with Crippen molar-refractivity contribution in [3.05, 3.63) is 51.5 Å². The van der Waals surface area contributed by atoms with Crippen molar-refractivity contribution in [2.24, 2.45) is 0 Å². The molecular weight excluding hydrogens is 277 g/mol. The van der Waals surface area contributed by atoms with Crippen LogP contribution in [0.2, 0.25) is 0 Å². The van der Waals surface area contributed by atoms with Crippen molar-refractivity contribution < 1.29 is 14.3 Å². The second-order valence-electron chi connectivity index (χ2n) is 5.42. The summed E-state index contributed by atoms with van der Waals surface area (Å²) < 4.78 is 14.1. The van der Waals surface area contributed by atoms with Gasteiger partial charge in [-0.05, 0) is 48.6 Å². The highest BCUT2D eigenvalue weighted by molar-refractivity contribution is 7.10. The van der Waals surface area contributed by atoms with E-state index in [1.54, 1.807) is 26.0 Å². The zero-order valence-electron chi connectivity index (χ0n) is 11.1. The molecule has 1 aromatic heterocycles. The van der Waals surface area contributed by atoms with Gasteiger partial charge in [-0.3, -0.25) is 4.79 Å². The zero-order valence-corrected chi connectivity index (χ0v) is 11.9. The van der Waals surface area contributed by atoms with Gasteiger partial charge in [-0.2, -0.15) is 0 Å². The Labute approximate surface area is 120 Å². The molecule has 2 aromatic rings. The smallest absolute Gasteiger partial charge is 0.234 e. The number of carbonyl (C=O) groups excluding carboxylic acids is 1. The first kappa shape index (κ1) is 13.3. The summed E-state index contributed by atoms with van der Waals surface area (Å²) in [6.45, 7) is 3.49. The average molecular weight is 291 g/mol. The zero-order chi connectivity index (χ0) is 14.5. The molecular formula is C15H14FNO2S. The number of anilines is 1. The average Bonchev–Trinajstić information content (AvgIpc) is 2.99. The minimum atomic E-state index is -0.874. The van der Waals surface area contributed by atoms with Gasteiger partial charge in [0.25, 0.3) is 0 Å². The quantitative estimate of drug-likeness (QED) is 0.892. The van der Waals surface area contributed by atoms with E-state index in [9.17, 15) is 14.3 Å². The second kappa shape index (κ2) is 4.40. The van der Waals surface area contributed by atoms with Gasteiger partial charge in [0.15, 0.2) is 0 Å². The highest BCUT2D eigenvalue weighted by Crippen LogP contribution is 2.41. The van der Waals surface area contributed by atoms with Crippen LogP contribution in [0.4, 0.5) is 10.1 Å². The summed E-state index contributed by atoms with van der Waals surface area (Å²) in [5.74, 6) is -0.735. The lowest BCUT2D eigenvalue weighted by Gasteiger charge is -2.17. The molecule has 1 aromatic carbocycles. The number of nitrogens with one attached hydrogen (secondary N) is 1. The Morgan fingerprint density at radius 2 is 2.15 bits per heavy atom. The van der Waals surface area contributed by atoms with Crippen LogP contribution in [0.5, 0.6) is 0 Å². The van der Waals surface area contributed by atoms with E-state index in [1.165, 1.54) is 17.4 Å². The molecule has 3 nitrogen and oxygen atoms in total. The van der Waals surface area contributed by atoms with Crippen molar-refractivity contribution in [1.82, 2.24) is 0 Å². The summed E-state index contributed by atoms with van der Waals surface area (Å²) in [6.07, 6.45) is -0.874. The van der Waals surface area contributed by atoms with Crippen molar-refractivity contribution in [3.63, 3.8) is 0 Å². The van der Waals surface area contributed by atoms with E-state index in [2.05, 4.69) is 5.32 Å². The Morgan fingerprint density at radius 1 is 1.40 bits per heavy atom. The summed E-state index contributed by atoms with van der Waals surface area (Å²) in [5, 5.41) is 14.7. The summed E-state index contributed by atoms with van der Waals surface area (Å²) in [7, 11) is 0. The molecule has 104 valence electrons. The predicted octanol–water partition coefficient (Wildman–Crippen LogP) is 3.20. The number of aliphatic hydroxyl groups excluding tert-OH is 1. The van der Waals surface area contributed by atoms with Crippen LogP contribution in [0.25, 0.3) is 0 Å². The Balaban J connectivity index is 2.11. The van der Waals surface area contributed by atoms with E-state index in [-0.39, 0.29) is 11.6 Å². The lowest BCUT2D eigenvalue weighted by molar-refractivity contribution is -0.119. The van der Waals surface area contributed by atoms with Crippen LogP contribution in [0.3, 0.4) is 0 Å². The van der Waals surface area contributed by atoms with Gasteiger partial charge < -0.3 is 10.4 Å². The molecule has 3 rings (SSSR count). The molecule has 0 bridgehead atoms. The van der Waals surface area contributed by atoms with Gasteiger partial charge in [0, 0.05) is 4.88 Å². The molecule has 0 radical (unpaired) electrons.